The Morgan fingerprint density at radius 1 is 1.42 bits per heavy atom. The summed E-state index contributed by atoms with van der Waals surface area (Å²) < 4.78 is 5.53. The normalized spacial score (nSPS) is 12.3. The lowest BCUT2D eigenvalue weighted by Crippen LogP contribution is -2.37. The van der Waals surface area contributed by atoms with Crippen molar-refractivity contribution < 1.29 is 9.53 Å². The highest BCUT2D eigenvalue weighted by atomic mass is 35.5. The van der Waals surface area contributed by atoms with Crippen LogP contribution in [0.5, 0.6) is 5.75 Å². The van der Waals surface area contributed by atoms with Crippen LogP contribution in [0.25, 0.3) is 0 Å². The molecule has 0 fully saturated rings. The van der Waals surface area contributed by atoms with Crippen molar-refractivity contribution in [2.45, 2.75) is 19.4 Å². The fourth-order valence-electron chi connectivity index (χ4n) is 1.53. The summed E-state index contributed by atoms with van der Waals surface area (Å²) in [4.78, 5) is 13.9. The fraction of sp³-hybridized carbons (Fsp3) is 0.500. The number of amides is 1. The molecule has 0 aliphatic rings. The average Bonchev–Trinajstić information content (AvgIpc) is 2.36. The molecule has 0 aliphatic heterocycles. The Hall–Kier alpha value is -1.26. The molecule has 19 heavy (non-hydrogen) atoms. The molecule has 0 heterocycles. The number of hydrogen-bond donors (Lipinski definition) is 1. The zero-order valence-electron chi connectivity index (χ0n) is 11.6. The summed E-state index contributed by atoms with van der Waals surface area (Å²) in [6, 6.07) is 7.13. The van der Waals surface area contributed by atoms with E-state index < -0.39 is 6.10 Å². The Balaban J connectivity index is 2.35. The number of halogens is 1. The maximum atomic E-state index is 11.8. The van der Waals surface area contributed by atoms with Crippen LogP contribution in [0.2, 0.25) is 5.02 Å². The molecule has 1 N–H and O–H groups in total. The van der Waals surface area contributed by atoms with E-state index in [-0.39, 0.29) is 5.91 Å². The van der Waals surface area contributed by atoms with Gasteiger partial charge in [0.2, 0.25) is 0 Å². The number of nitrogens with zero attached hydrogens (tertiary/aromatic N) is 1. The number of carbonyl (C=O) groups excluding carboxylic acids is 1. The van der Waals surface area contributed by atoms with Crippen LogP contribution >= 0.6 is 11.6 Å². The molecule has 0 radical (unpaired) electrons. The average molecular weight is 285 g/mol. The van der Waals surface area contributed by atoms with E-state index in [1.807, 2.05) is 26.2 Å². The summed E-state index contributed by atoms with van der Waals surface area (Å²) in [5.41, 5.74) is 0. The third kappa shape index (κ3) is 5.94. The van der Waals surface area contributed by atoms with Crippen molar-refractivity contribution in [3.8, 4) is 5.75 Å². The molecule has 1 rings (SSSR count). The van der Waals surface area contributed by atoms with Gasteiger partial charge in [-0.25, -0.2) is 0 Å². The number of carbonyl (C=O) groups is 1. The predicted octanol–water partition coefficient (Wildman–Crippen LogP) is 2.18. The van der Waals surface area contributed by atoms with E-state index >= 15 is 0 Å². The van der Waals surface area contributed by atoms with Crippen molar-refractivity contribution in [2.75, 3.05) is 27.2 Å². The first-order valence-corrected chi connectivity index (χ1v) is 6.72. The highest BCUT2D eigenvalue weighted by Crippen LogP contribution is 2.24. The zero-order chi connectivity index (χ0) is 14.3. The van der Waals surface area contributed by atoms with E-state index in [2.05, 4.69) is 10.2 Å². The van der Waals surface area contributed by atoms with Gasteiger partial charge in [0, 0.05) is 6.54 Å². The number of para-hydroxylation sites is 1. The van der Waals surface area contributed by atoms with Crippen LogP contribution in [0.3, 0.4) is 0 Å². The summed E-state index contributed by atoms with van der Waals surface area (Å²) >= 11 is 5.97. The highest BCUT2D eigenvalue weighted by molar-refractivity contribution is 6.32. The molecule has 0 aromatic heterocycles. The lowest BCUT2D eigenvalue weighted by atomic mass is 10.3. The molecule has 1 amide bonds. The molecule has 0 saturated carbocycles. The minimum atomic E-state index is -0.556. The number of rotatable bonds is 7. The van der Waals surface area contributed by atoms with Crippen LogP contribution in [0, 0.1) is 0 Å². The second kappa shape index (κ2) is 8.02. The Bertz CT molecular complexity index is 410. The molecule has 0 spiro atoms. The van der Waals surface area contributed by atoms with Gasteiger partial charge in [0.15, 0.2) is 6.10 Å². The van der Waals surface area contributed by atoms with Crippen LogP contribution in [0.4, 0.5) is 0 Å². The van der Waals surface area contributed by atoms with Gasteiger partial charge < -0.3 is 15.0 Å². The fourth-order valence-corrected chi connectivity index (χ4v) is 1.72. The Morgan fingerprint density at radius 2 is 2.11 bits per heavy atom. The van der Waals surface area contributed by atoms with E-state index in [4.69, 9.17) is 16.3 Å². The zero-order valence-corrected chi connectivity index (χ0v) is 12.4. The minimum Gasteiger partial charge on any atom is -0.479 e. The molecule has 0 bridgehead atoms. The van der Waals surface area contributed by atoms with Gasteiger partial charge in [-0.1, -0.05) is 23.7 Å². The third-order valence-corrected chi connectivity index (χ3v) is 2.90. The second-order valence-electron chi connectivity index (χ2n) is 4.64. The SMILES string of the molecule is CC(Oc1ccccc1Cl)C(=O)NCCCN(C)C. The molecule has 0 saturated heterocycles. The van der Waals surface area contributed by atoms with Crippen molar-refractivity contribution in [1.29, 1.82) is 0 Å². The van der Waals surface area contributed by atoms with Gasteiger partial charge in [0.1, 0.15) is 5.75 Å². The van der Waals surface area contributed by atoms with Crippen LogP contribution in [0.15, 0.2) is 24.3 Å². The third-order valence-electron chi connectivity index (χ3n) is 2.59. The van der Waals surface area contributed by atoms with Gasteiger partial charge in [-0.15, -0.1) is 0 Å². The lowest BCUT2D eigenvalue weighted by Gasteiger charge is -2.16. The van der Waals surface area contributed by atoms with Gasteiger partial charge in [-0.3, -0.25) is 4.79 Å². The van der Waals surface area contributed by atoms with Gasteiger partial charge in [0.25, 0.3) is 5.91 Å². The largest absolute Gasteiger partial charge is 0.479 e. The second-order valence-corrected chi connectivity index (χ2v) is 5.05. The van der Waals surface area contributed by atoms with Crippen molar-refractivity contribution in [2.24, 2.45) is 0 Å². The standard InChI is InChI=1S/C14H21ClN2O2/c1-11(14(18)16-9-6-10-17(2)3)19-13-8-5-4-7-12(13)15/h4-5,7-8,11H,6,9-10H2,1-3H3,(H,16,18). The van der Waals surface area contributed by atoms with E-state index in [1.54, 1.807) is 19.1 Å². The molecular weight excluding hydrogens is 264 g/mol. The monoisotopic (exact) mass is 284 g/mol. The first-order chi connectivity index (χ1) is 9.00. The number of benzene rings is 1. The van der Waals surface area contributed by atoms with Gasteiger partial charge >= 0.3 is 0 Å². The van der Waals surface area contributed by atoms with Crippen LogP contribution < -0.4 is 10.1 Å². The maximum Gasteiger partial charge on any atom is 0.260 e. The molecule has 5 heteroatoms. The van der Waals surface area contributed by atoms with Gasteiger partial charge in [-0.2, -0.15) is 0 Å². The van der Waals surface area contributed by atoms with Crippen LogP contribution in [0.1, 0.15) is 13.3 Å². The van der Waals surface area contributed by atoms with Crippen molar-refractivity contribution in [1.82, 2.24) is 10.2 Å². The molecule has 1 atom stereocenters. The first kappa shape index (κ1) is 15.8. The summed E-state index contributed by atoms with van der Waals surface area (Å²) in [5, 5.41) is 3.35. The number of ether oxygens (including phenoxy) is 1. The molecule has 1 aromatic carbocycles. The quantitative estimate of drug-likeness (QED) is 0.780. The maximum absolute atomic E-state index is 11.8. The number of nitrogens with one attached hydrogen (secondary N) is 1. The van der Waals surface area contributed by atoms with Gasteiger partial charge in [-0.05, 0) is 46.1 Å². The molecule has 1 unspecified atom stereocenters. The molecular formula is C14H21ClN2O2. The highest BCUT2D eigenvalue weighted by Gasteiger charge is 2.15. The van der Waals surface area contributed by atoms with Crippen molar-refractivity contribution in [3.63, 3.8) is 0 Å². The van der Waals surface area contributed by atoms with Crippen molar-refractivity contribution in [3.05, 3.63) is 29.3 Å². The van der Waals surface area contributed by atoms with Crippen molar-refractivity contribution >= 4 is 17.5 Å². The molecule has 1 aromatic rings. The van der Waals surface area contributed by atoms with E-state index in [9.17, 15) is 4.79 Å². The summed E-state index contributed by atoms with van der Waals surface area (Å²) in [6.45, 7) is 3.30. The summed E-state index contributed by atoms with van der Waals surface area (Å²) in [6.07, 6.45) is 0.358. The summed E-state index contributed by atoms with van der Waals surface area (Å²) in [7, 11) is 4.01. The predicted molar refractivity (Wildman–Crippen MR) is 77.7 cm³/mol. The molecule has 106 valence electrons. The Labute approximate surface area is 119 Å². The number of hydrogen-bond acceptors (Lipinski definition) is 3. The lowest BCUT2D eigenvalue weighted by molar-refractivity contribution is -0.127. The van der Waals surface area contributed by atoms with Crippen LogP contribution in [-0.4, -0.2) is 44.1 Å². The topological polar surface area (TPSA) is 41.6 Å². The first-order valence-electron chi connectivity index (χ1n) is 6.34. The van der Waals surface area contributed by atoms with Crippen LogP contribution in [-0.2, 0) is 4.79 Å². The Kier molecular flexibility index (Phi) is 6.67. The smallest absolute Gasteiger partial charge is 0.260 e. The van der Waals surface area contributed by atoms with E-state index in [1.165, 1.54) is 0 Å². The Morgan fingerprint density at radius 3 is 2.74 bits per heavy atom. The summed E-state index contributed by atoms with van der Waals surface area (Å²) in [5.74, 6) is 0.402. The van der Waals surface area contributed by atoms with Gasteiger partial charge in [0.05, 0.1) is 5.02 Å². The van der Waals surface area contributed by atoms with E-state index in [0.717, 1.165) is 13.0 Å². The minimum absolute atomic E-state index is 0.126. The molecule has 4 nitrogen and oxygen atoms in total. The van der Waals surface area contributed by atoms with E-state index in [0.29, 0.717) is 17.3 Å². The molecule has 0 aliphatic carbocycles.